The van der Waals surface area contributed by atoms with Gasteiger partial charge in [0.15, 0.2) is 0 Å². The molecule has 0 aliphatic heterocycles. The molecule has 0 amide bonds. The first kappa shape index (κ1) is 14.5. The van der Waals surface area contributed by atoms with E-state index < -0.39 is 0 Å². The SMILES string of the molecule is C=CCCc1ccc(C(C)OCc2ccccc2)cc1. The summed E-state index contributed by atoms with van der Waals surface area (Å²) in [6.07, 6.45) is 4.16. The zero-order chi connectivity index (χ0) is 14.2. The smallest absolute Gasteiger partial charge is 0.0801 e. The van der Waals surface area contributed by atoms with Crippen LogP contribution in [-0.4, -0.2) is 0 Å². The Balaban J connectivity index is 1.88. The van der Waals surface area contributed by atoms with Crippen molar-refractivity contribution in [2.45, 2.75) is 32.5 Å². The minimum absolute atomic E-state index is 0.115. The van der Waals surface area contributed by atoms with Crippen molar-refractivity contribution in [2.75, 3.05) is 0 Å². The van der Waals surface area contributed by atoms with E-state index in [-0.39, 0.29) is 6.10 Å². The predicted molar refractivity (Wildman–Crippen MR) is 84.6 cm³/mol. The number of allylic oxidation sites excluding steroid dienone is 1. The minimum atomic E-state index is 0.115. The van der Waals surface area contributed by atoms with Crippen LogP contribution in [0.5, 0.6) is 0 Å². The fraction of sp³-hybridized carbons (Fsp3) is 0.263. The number of hydrogen-bond donors (Lipinski definition) is 0. The Hall–Kier alpha value is -1.86. The van der Waals surface area contributed by atoms with E-state index in [1.54, 1.807) is 0 Å². The van der Waals surface area contributed by atoms with Crippen molar-refractivity contribution >= 4 is 0 Å². The summed E-state index contributed by atoms with van der Waals surface area (Å²) >= 11 is 0. The van der Waals surface area contributed by atoms with E-state index in [1.807, 2.05) is 24.3 Å². The van der Waals surface area contributed by atoms with E-state index in [0.717, 1.165) is 12.8 Å². The first-order chi connectivity index (χ1) is 9.79. The van der Waals surface area contributed by atoms with Gasteiger partial charge in [-0.1, -0.05) is 60.7 Å². The number of benzene rings is 2. The topological polar surface area (TPSA) is 9.23 Å². The molecule has 0 heterocycles. The van der Waals surface area contributed by atoms with Gasteiger partial charge in [0.2, 0.25) is 0 Å². The maximum absolute atomic E-state index is 5.92. The fourth-order valence-corrected chi connectivity index (χ4v) is 2.12. The highest BCUT2D eigenvalue weighted by Crippen LogP contribution is 2.19. The second kappa shape index (κ2) is 7.66. The number of rotatable bonds is 7. The van der Waals surface area contributed by atoms with Crippen molar-refractivity contribution in [2.24, 2.45) is 0 Å². The molecule has 0 radical (unpaired) electrons. The molecule has 104 valence electrons. The van der Waals surface area contributed by atoms with Crippen molar-refractivity contribution in [3.05, 3.63) is 83.9 Å². The summed E-state index contributed by atoms with van der Waals surface area (Å²) in [6.45, 7) is 6.51. The van der Waals surface area contributed by atoms with Gasteiger partial charge in [0.1, 0.15) is 0 Å². The maximum Gasteiger partial charge on any atom is 0.0801 e. The Morgan fingerprint density at radius 1 is 1.00 bits per heavy atom. The maximum atomic E-state index is 5.92. The standard InChI is InChI=1S/C19H22O/c1-3-4-8-17-11-13-19(14-12-17)16(2)20-15-18-9-6-5-7-10-18/h3,5-7,9-14,16H,1,4,8,15H2,2H3. The van der Waals surface area contributed by atoms with Crippen molar-refractivity contribution in [1.82, 2.24) is 0 Å². The van der Waals surface area contributed by atoms with Gasteiger partial charge in [0.25, 0.3) is 0 Å². The van der Waals surface area contributed by atoms with Crippen LogP contribution in [0, 0.1) is 0 Å². The molecular weight excluding hydrogens is 244 g/mol. The zero-order valence-electron chi connectivity index (χ0n) is 12.1. The molecule has 0 fully saturated rings. The fourth-order valence-electron chi connectivity index (χ4n) is 2.12. The monoisotopic (exact) mass is 266 g/mol. The van der Waals surface area contributed by atoms with E-state index >= 15 is 0 Å². The van der Waals surface area contributed by atoms with Gasteiger partial charge < -0.3 is 4.74 Å². The second-order valence-electron chi connectivity index (χ2n) is 5.01. The quantitative estimate of drug-likeness (QED) is 0.635. The summed E-state index contributed by atoms with van der Waals surface area (Å²) in [5.41, 5.74) is 3.79. The van der Waals surface area contributed by atoms with E-state index in [0.29, 0.717) is 6.61 Å². The molecular formula is C19H22O. The lowest BCUT2D eigenvalue weighted by Gasteiger charge is -2.14. The highest BCUT2D eigenvalue weighted by Gasteiger charge is 2.05. The van der Waals surface area contributed by atoms with Crippen LogP contribution in [0.4, 0.5) is 0 Å². The van der Waals surface area contributed by atoms with E-state index in [9.17, 15) is 0 Å². The van der Waals surface area contributed by atoms with Crippen LogP contribution < -0.4 is 0 Å². The average Bonchev–Trinajstić information content (AvgIpc) is 2.52. The zero-order valence-corrected chi connectivity index (χ0v) is 12.1. The molecule has 1 unspecified atom stereocenters. The normalized spacial score (nSPS) is 12.1. The van der Waals surface area contributed by atoms with Crippen molar-refractivity contribution in [3.63, 3.8) is 0 Å². The van der Waals surface area contributed by atoms with Gasteiger partial charge in [-0.05, 0) is 36.5 Å². The molecule has 0 spiro atoms. The van der Waals surface area contributed by atoms with Crippen molar-refractivity contribution in [3.8, 4) is 0 Å². The van der Waals surface area contributed by atoms with Gasteiger partial charge in [0.05, 0.1) is 12.7 Å². The van der Waals surface area contributed by atoms with Gasteiger partial charge in [-0.3, -0.25) is 0 Å². The molecule has 0 saturated carbocycles. The molecule has 20 heavy (non-hydrogen) atoms. The molecule has 0 N–H and O–H groups in total. The second-order valence-corrected chi connectivity index (χ2v) is 5.01. The lowest BCUT2D eigenvalue weighted by atomic mass is 10.0. The largest absolute Gasteiger partial charge is 0.369 e. The number of aryl methyl sites for hydroxylation is 1. The molecule has 0 aliphatic carbocycles. The molecule has 0 aromatic heterocycles. The molecule has 1 nitrogen and oxygen atoms in total. The Kier molecular flexibility index (Phi) is 5.57. The lowest BCUT2D eigenvalue weighted by molar-refractivity contribution is 0.0525. The van der Waals surface area contributed by atoms with Crippen LogP contribution in [0.25, 0.3) is 0 Å². The van der Waals surface area contributed by atoms with Crippen LogP contribution in [0.1, 0.15) is 36.1 Å². The van der Waals surface area contributed by atoms with Crippen LogP contribution in [0.3, 0.4) is 0 Å². The van der Waals surface area contributed by atoms with Crippen molar-refractivity contribution in [1.29, 1.82) is 0 Å². The molecule has 2 aromatic carbocycles. The van der Waals surface area contributed by atoms with Crippen LogP contribution in [-0.2, 0) is 17.8 Å². The van der Waals surface area contributed by atoms with Gasteiger partial charge in [-0.2, -0.15) is 0 Å². The van der Waals surface area contributed by atoms with E-state index in [2.05, 4.69) is 49.9 Å². The summed E-state index contributed by atoms with van der Waals surface area (Å²) in [7, 11) is 0. The number of ether oxygens (including phenoxy) is 1. The van der Waals surface area contributed by atoms with Crippen LogP contribution in [0.15, 0.2) is 67.3 Å². The van der Waals surface area contributed by atoms with Gasteiger partial charge in [-0.15, -0.1) is 6.58 Å². The third kappa shape index (κ3) is 4.36. The molecule has 1 heteroatoms. The lowest BCUT2D eigenvalue weighted by Crippen LogP contribution is -2.00. The summed E-state index contributed by atoms with van der Waals surface area (Å²) in [6, 6.07) is 19.0. The molecule has 2 rings (SSSR count). The summed E-state index contributed by atoms with van der Waals surface area (Å²) in [4.78, 5) is 0. The van der Waals surface area contributed by atoms with Gasteiger partial charge in [-0.25, -0.2) is 0 Å². The van der Waals surface area contributed by atoms with Crippen LogP contribution in [0.2, 0.25) is 0 Å². The van der Waals surface area contributed by atoms with Crippen LogP contribution >= 0.6 is 0 Å². The average molecular weight is 266 g/mol. The predicted octanol–water partition coefficient (Wildman–Crippen LogP) is 5.08. The van der Waals surface area contributed by atoms with Gasteiger partial charge in [0, 0.05) is 0 Å². The highest BCUT2D eigenvalue weighted by atomic mass is 16.5. The first-order valence-corrected chi connectivity index (χ1v) is 7.15. The molecule has 0 bridgehead atoms. The van der Waals surface area contributed by atoms with E-state index in [1.165, 1.54) is 16.7 Å². The van der Waals surface area contributed by atoms with Crippen molar-refractivity contribution < 1.29 is 4.74 Å². The molecule has 2 aromatic rings. The summed E-state index contributed by atoms with van der Waals surface area (Å²) in [5.74, 6) is 0. The Labute approximate surface area is 121 Å². The third-order valence-corrected chi connectivity index (χ3v) is 3.43. The molecule has 1 atom stereocenters. The van der Waals surface area contributed by atoms with Gasteiger partial charge >= 0.3 is 0 Å². The molecule has 0 aliphatic rings. The Morgan fingerprint density at radius 3 is 2.35 bits per heavy atom. The number of hydrogen-bond acceptors (Lipinski definition) is 1. The first-order valence-electron chi connectivity index (χ1n) is 7.15. The molecule has 0 saturated heterocycles. The summed E-state index contributed by atoms with van der Waals surface area (Å²) in [5, 5.41) is 0. The summed E-state index contributed by atoms with van der Waals surface area (Å²) < 4.78 is 5.92. The highest BCUT2D eigenvalue weighted by molar-refractivity contribution is 5.24. The van der Waals surface area contributed by atoms with E-state index in [4.69, 9.17) is 4.74 Å². The Morgan fingerprint density at radius 2 is 1.70 bits per heavy atom. The third-order valence-electron chi connectivity index (χ3n) is 3.43. The minimum Gasteiger partial charge on any atom is -0.369 e. The Bertz CT molecular complexity index is 513.